The molecule has 0 aromatic heterocycles. The van der Waals surface area contributed by atoms with Crippen LogP contribution in [0.15, 0.2) is 0 Å². The second-order valence-electron chi connectivity index (χ2n) is 8.21. The summed E-state index contributed by atoms with van der Waals surface area (Å²) in [5.41, 5.74) is 0. The molecule has 3 nitrogen and oxygen atoms in total. The van der Waals surface area contributed by atoms with Gasteiger partial charge < -0.3 is 9.84 Å². The fourth-order valence-corrected chi connectivity index (χ4v) is 4.54. The molecule has 0 bridgehead atoms. The summed E-state index contributed by atoms with van der Waals surface area (Å²) in [5, 5.41) is 9.08. The predicted molar refractivity (Wildman–Crippen MR) is 98.2 cm³/mol. The minimum absolute atomic E-state index is 0.0637. The van der Waals surface area contributed by atoms with Crippen LogP contribution in [0, 0.1) is 17.8 Å². The SMILES string of the molecule is CCCCCCOC1CCC(CCC2CCC(C(=O)O)CC2)CC1. The maximum atomic E-state index is 11.0. The fraction of sp³-hybridized carbons (Fsp3) is 0.952. The number of ether oxygens (including phenoxy) is 1. The van der Waals surface area contributed by atoms with Gasteiger partial charge in [-0.25, -0.2) is 0 Å². The lowest BCUT2D eigenvalue weighted by Gasteiger charge is -2.31. The van der Waals surface area contributed by atoms with Crippen LogP contribution in [0.3, 0.4) is 0 Å². The molecule has 24 heavy (non-hydrogen) atoms. The smallest absolute Gasteiger partial charge is 0.306 e. The quantitative estimate of drug-likeness (QED) is 0.511. The van der Waals surface area contributed by atoms with E-state index in [1.807, 2.05) is 0 Å². The lowest BCUT2D eigenvalue weighted by molar-refractivity contribution is -0.143. The average molecular weight is 339 g/mol. The first-order valence-corrected chi connectivity index (χ1v) is 10.5. The molecule has 0 aromatic carbocycles. The third-order valence-electron chi connectivity index (χ3n) is 6.32. The van der Waals surface area contributed by atoms with Crippen LogP contribution in [-0.4, -0.2) is 23.8 Å². The normalized spacial score (nSPS) is 31.0. The van der Waals surface area contributed by atoms with E-state index in [0.29, 0.717) is 6.10 Å². The first-order chi connectivity index (χ1) is 11.7. The highest BCUT2D eigenvalue weighted by Crippen LogP contribution is 2.35. The van der Waals surface area contributed by atoms with Crippen LogP contribution in [0.1, 0.15) is 96.8 Å². The molecule has 0 amide bonds. The third kappa shape index (κ3) is 7.13. The van der Waals surface area contributed by atoms with Gasteiger partial charge >= 0.3 is 5.97 Å². The van der Waals surface area contributed by atoms with E-state index in [1.54, 1.807) is 0 Å². The van der Waals surface area contributed by atoms with Gasteiger partial charge in [0.1, 0.15) is 0 Å². The molecule has 2 fully saturated rings. The van der Waals surface area contributed by atoms with E-state index in [0.717, 1.165) is 44.1 Å². The van der Waals surface area contributed by atoms with Crippen LogP contribution in [0.5, 0.6) is 0 Å². The van der Waals surface area contributed by atoms with Crippen molar-refractivity contribution in [3.8, 4) is 0 Å². The zero-order chi connectivity index (χ0) is 17.2. The van der Waals surface area contributed by atoms with Crippen LogP contribution in [0.25, 0.3) is 0 Å². The van der Waals surface area contributed by atoms with E-state index in [1.165, 1.54) is 64.2 Å². The number of unbranched alkanes of at least 4 members (excludes halogenated alkanes) is 3. The Labute approximate surface area is 148 Å². The molecular formula is C21H38O3. The van der Waals surface area contributed by atoms with Gasteiger partial charge in [0.15, 0.2) is 0 Å². The minimum Gasteiger partial charge on any atom is -0.481 e. The highest BCUT2D eigenvalue weighted by Gasteiger charge is 2.27. The maximum Gasteiger partial charge on any atom is 0.306 e. The van der Waals surface area contributed by atoms with Crippen molar-refractivity contribution in [1.29, 1.82) is 0 Å². The molecule has 2 saturated carbocycles. The summed E-state index contributed by atoms with van der Waals surface area (Å²) in [6.07, 6.45) is 17.6. The van der Waals surface area contributed by atoms with Gasteiger partial charge in [-0.1, -0.05) is 39.0 Å². The van der Waals surface area contributed by atoms with Crippen molar-refractivity contribution in [2.45, 2.75) is 103 Å². The number of hydrogen-bond donors (Lipinski definition) is 1. The Morgan fingerprint density at radius 2 is 1.46 bits per heavy atom. The van der Waals surface area contributed by atoms with Crippen LogP contribution in [0.2, 0.25) is 0 Å². The summed E-state index contributed by atoms with van der Waals surface area (Å²) in [4.78, 5) is 11.0. The molecule has 0 aromatic rings. The fourth-order valence-electron chi connectivity index (χ4n) is 4.54. The molecule has 0 atom stereocenters. The molecule has 2 rings (SSSR count). The van der Waals surface area contributed by atoms with Crippen molar-refractivity contribution >= 4 is 5.97 Å². The Hall–Kier alpha value is -0.570. The molecule has 2 aliphatic carbocycles. The van der Waals surface area contributed by atoms with Gasteiger partial charge in [-0.15, -0.1) is 0 Å². The Morgan fingerprint density at radius 3 is 2.00 bits per heavy atom. The lowest BCUT2D eigenvalue weighted by atomic mass is 9.77. The molecule has 140 valence electrons. The van der Waals surface area contributed by atoms with E-state index in [2.05, 4.69) is 6.92 Å². The first-order valence-electron chi connectivity index (χ1n) is 10.5. The Morgan fingerprint density at radius 1 is 0.875 bits per heavy atom. The van der Waals surface area contributed by atoms with Crippen molar-refractivity contribution < 1.29 is 14.6 Å². The standard InChI is InChI=1S/C21H38O3/c1-2-3-4-5-16-24-20-14-10-18(11-15-20)7-6-17-8-12-19(13-9-17)21(22)23/h17-20H,2-16H2,1H3,(H,22,23). The summed E-state index contributed by atoms with van der Waals surface area (Å²) < 4.78 is 6.05. The molecule has 3 heteroatoms. The topological polar surface area (TPSA) is 46.5 Å². The zero-order valence-corrected chi connectivity index (χ0v) is 15.7. The van der Waals surface area contributed by atoms with Gasteiger partial charge in [-0.05, 0) is 69.6 Å². The maximum absolute atomic E-state index is 11.0. The summed E-state index contributed by atoms with van der Waals surface area (Å²) in [6.45, 7) is 3.21. The zero-order valence-electron chi connectivity index (χ0n) is 15.7. The van der Waals surface area contributed by atoms with Gasteiger partial charge in [-0.2, -0.15) is 0 Å². The van der Waals surface area contributed by atoms with Crippen molar-refractivity contribution in [3.63, 3.8) is 0 Å². The molecule has 0 unspecified atom stereocenters. The van der Waals surface area contributed by atoms with E-state index in [4.69, 9.17) is 9.84 Å². The van der Waals surface area contributed by atoms with Gasteiger partial charge in [0, 0.05) is 6.61 Å². The molecule has 0 heterocycles. The van der Waals surface area contributed by atoms with Gasteiger partial charge in [-0.3, -0.25) is 4.79 Å². The number of carboxylic acid groups (broad SMARTS) is 1. The Kier molecular flexibility index (Phi) is 9.15. The third-order valence-corrected chi connectivity index (χ3v) is 6.32. The summed E-state index contributed by atoms with van der Waals surface area (Å²) in [6, 6.07) is 0. The number of carbonyl (C=O) groups is 1. The van der Waals surface area contributed by atoms with Crippen LogP contribution < -0.4 is 0 Å². The second kappa shape index (κ2) is 11.1. The van der Waals surface area contributed by atoms with Crippen molar-refractivity contribution in [2.75, 3.05) is 6.61 Å². The van der Waals surface area contributed by atoms with Crippen LogP contribution >= 0.6 is 0 Å². The van der Waals surface area contributed by atoms with E-state index in [9.17, 15) is 4.79 Å². The van der Waals surface area contributed by atoms with Gasteiger partial charge in [0.05, 0.1) is 12.0 Å². The molecule has 0 aliphatic heterocycles. The Bertz CT molecular complexity index is 339. The minimum atomic E-state index is -0.582. The average Bonchev–Trinajstić information content (AvgIpc) is 2.61. The molecule has 0 spiro atoms. The second-order valence-corrected chi connectivity index (χ2v) is 8.21. The Balaban J connectivity index is 1.50. The molecule has 1 N–H and O–H groups in total. The highest BCUT2D eigenvalue weighted by atomic mass is 16.5. The van der Waals surface area contributed by atoms with Crippen LogP contribution in [0.4, 0.5) is 0 Å². The summed E-state index contributed by atoms with van der Waals surface area (Å²) in [7, 11) is 0. The van der Waals surface area contributed by atoms with Crippen molar-refractivity contribution in [2.24, 2.45) is 17.8 Å². The van der Waals surface area contributed by atoms with Crippen molar-refractivity contribution in [1.82, 2.24) is 0 Å². The van der Waals surface area contributed by atoms with E-state index >= 15 is 0 Å². The monoisotopic (exact) mass is 338 g/mol. The number of rotatable bonds is 10. The predicted octanol–water partition coefficient (Wildman–Crippen LogP) is 5.81. The van der Waals surface area contributed by atoms with Gasteiger partial charge in [0.2, 0.25) is 0 Å². The van der Waals surface area contributed by atoms with Crippen LogP contribution in [-0.2, 0) is 9.53 Å². The van der Waals surface area contributed by atoms with Crippen molar-refractivity contribution in [3.05, 3.63) is 0 Å². The highest BCUT2D eigenvalue weighted by molar-refractivity contribution is 5.69. The molecular weight excluding hydrogens is 300 g/mol. The largest absolute Gasteiger partial charge is 0.481 e. The number of aliphatic carboxylic acids is 1. The molecule has 0 saturated heterocycles. The first kappa shape index (κ1) is 19.8. The molecule has 0 radical (unpaired) electrons. The number of carboxylic acids is 1. The van der Waals surface area contributed by atoms with E-state index < -0.39 is 5.97 Å². The van der Waals surface area contributed by atoms with E-state index in [-0.39, 0.29) is 5.92 Å². The molecule has 2 aliphatic rings. The summed E-state index contributed by atoms with van der Waals surface area (Å²) in [5.74, 6) is 1.03. The summed E-state index contributed by atoms with van der Waals surface area (Å²) >= 11 is 0. The lowest BCUT2D eigenvalue weighted by Crippen LogP contribution is -2.24. The number of hydrogen-bond acceptors (Lipinski definition) is 2. The van der Waals surface area contributed by atoms with Gasteiger partial charge in [0.25, 0.3) is 0 Å².